The molecule has 7 nitrogen and oxygen atoms in total. The Hall–Kier alpha value is -2.51. The first-order chi connectivity index (χ1) is 8.92. The van der Waals surface area contributed by atoms with E-state index in [1.807, 2.05) is 0 Å². The topological polar surface area (TPSA) is 95.7 Å². The Morgan fingerprint density at radius 2 is 1.79 bits per heavy atom. The fourth-order valence-corrected chi connectivity index (χ4v) is 1.45. The van der Waals surface area contributed by atoms with Crippen molar-refractivity contribution in [3.8, 4) is 0 Å². The number of nitrogens with zero attached hydrogens (tertiary/aromatic N) is 1. The van der Waals surface area contributed by atoms with Crippen LogP contribution in [0, 0.1) is 15.9 Å². The summed E-state index contributed by atoms with van der Waals surface area (Å²) in [7, 11) is 2.06. The summed E-state index contributed by atoms with van der Waals surface area (Å²) < 4.78 is 22.5. The molecule has 0 spiro atoms. The van der Waals surface area contributed by atoms with E-state index in [2.05, 4.69) is 9.47 Å². The highest BCUT2D eigenvalue weighted by Gasteiger charge is 2.33. The molecular weight excluding hydrogens is 261 g/mol. The van der Waals surface area contributed by atoms with E-state index in [0.29, 0.717) is 6.07 Å². The molecule has 0 aliphatic heterocycles. The van der Waals surface area contributed by atoms with Gasteiger partial charge in [0, 0.05) is 11.6 Å². The number of methoxy groups -OCH3 is 2. The summed E-state index contributed by atoms with van der Waals surface area (Å²) in [5, 5.41) is 10.5. The minimum Gasteiger partial charge on any atom is -0.468 e. The molecule has 0 saturated carbocycles. The van der Waals surface area contributed by atoms with Gasteiger partial charge in [-0.15, -0.1) is 0 Å². The molecule has 0 unspecified atom stereocenters. The lowest BCUT2D eigenvalue weighted by Gasteiger charge is -2.13. The van der Waals surface area contributed by atoms with Gasteiger partial charge in [0.05, 0.1) is 25.2 Å². The standard InChI is InChI=1S/C11H10FNO6/c1-18-10(14)9(11(15)19-2)7-4-3-6(13(16)17)5-8(7)12/h3-5,9H,1-2H3. The van der Waals surface area contributed by atoms with Crippen molar-refractivity contribution in [1.29, 1.82) is 0 Å². The van der Waals surface area contributed by atoms with Crippen LogP contribution < -0.4 is 0 Å². The van der Waals surface area contributed by atoms with E-state index in [9.17, 15) is 24.1 Å². The Morgan fingerprint density at radius 3 is 2.16 bits per heavy atom. The first kappa shape index (κ1) is 14.6. The van der Waals surface area contributed by atoms with Crippen LogP contribution in [0.25, 0.3) is 0 Å². The second-order valence-corrected chi connectivity index (χ2v) is 3.44. The molecule has 1 aromatic carbocycles. The predicted molar refractivity (Wildman–Crippen MR) is 59.8 cm³/mol. The number of carbonyl (C=O) groups is 2. The van der Waals surface area contributed by atoms with Crippen LogP contribution in [0.15, 0.2) is 18.2 Å². The maximum Gasteiger partial charge on any atom is 0.324 e. The smallest absolute Gasteiger partial charge is 0.324 e. The molecule has 1 rings (SSSR count). The summed E-state index contributed by atoms with van der Waals surface area (Å²) in [4.78, 5) is 32.6. The molecule has 0 aromatic heterocycles. The van der Waals surface area contributed by atoms with Crippen LogP contribution in [0.5, 0.6) is 0 Å². The van der Waals surface area contributed by atoms with Gasteiger partial charge in [-0.3, -0.25) is 19.7 Å². The highest BCUT2D eigenvalue weighted by molar-refractivity contribution is 6.00. The molecule has 8 heteroatoms. The number of esters is 2. The van der Waals surface area contributed by atoms with Crippen molar-refractivity contribution in [2.24, 2.45) is 0 Å². The number of hydrogen-bond acceptors (Lipinski definition) is 6. The van der Waals surface area contributed by atoms with Crippen molar-refractivity contribution in [2.45, 2.75) is 5.92 Å². The van der Waals surface area contributed by atoms with Gasteiger partial charge in [-0.25, -0.2) is 4.39 Å². The SMILES string of the molecule is COC(=O)C(C(=O)OC)c1ccc([N+](=O)[O-])cc1F. The molecule has 0 bridgehead atoms. The molecule has 1 aromatic rings. The van der Waals surface area contributed by atoms with Gasteiger partial charge in [-0.1, -0.05) is 0 Å². The van der Waals surface area contributed by atoms with E-state index in [0.717, 1.165) is 26.4 Å². The van der Waals surface area contributed by atoms with Crippen molar-refractivity contribution >= 4 is 17.6 Å². The summed E-state index contributed by atoms with van der Waals surface area (Å²) in [6.07, 6.45) is 0. The molecule has 0 radical (unpaired) electrons. The molecule has 0 aliphatic carbocycles. The zero-order chi connectivity index (χ0) is 14.6. The summed E-state index contributed by atoms with van der Waals surface area (Å²) >= 11 is 0. The molecule has 0 atom stereocenters. The van der Waals surface area contributed by atoms with Crippen molar-refractivity contribution in [2.75, 3.05) is 14.2 Å². The van der Waals surface area contributed by atoms with Gasteiger partial charge < -0.3 is 9.47 Å². The van der Waals surface area contributed by atoms with Crippen LogP contribution >= 0.6 is 0 Å². The second kappa shape index (κ2) is 5.89. The normalized spacial score (nSPS) is 10.1. The van der Waals surface area contributed by atoms with Gasteiger partial charge in [0.2, 0.25) is 0 Å². The number of non-ortho nitro benzene ring substituents is 1. The average Bonchev–Trinajstić information content (AvgIpc) is 2.39. The van der Waals surface area contributed by atoms with Gasteiger partial charge in [-0.05, 0) is 6.07 Å². The molecular formula is C11H10FNO6. The van der Waals surface area contributed by atoms with Crippen molar-refractivity contribution in [3.63, 3.8) is 0 Å². The molecule has 102 valence electrons. The fourth-order valence-electron chi connectivity index (χ4n) is 1.45. The second-order valence-electron chi connectivity index (χ2n) is 3.44. The Bertz CT molecular complexity index is 514. The Kier molecular flexibility index (Phi) is 4.51. The molecule has 0 amide bonds. The lowest BCUT2D eigenvalue weighted by molar-refractivity contribution is -0.385. The van der Waals surface area contributed by atoms with Crippen LogP contribution in [-0.4, -0.2) is 31.1 Å². The van der Waals surface area contributed by atoms with E-state index in [1.165, 1.54) is 0 Å². The molecule has 0 aliphatic rings. The summed E-state index contributed by atoms with van der Waals surface area (Å²) in [6.45, 7) is 0. The third kappa shape index (κ3) is 3.03. The first-order valence-corrected chi connectivity index (χ1v) is 5.01. The number of hydrogen-bond donors (Lipinski definition) is 0. The Labute approximate surface area is 107 Å². The molecule has 0 fully saturated rings. The number of benzene rings is 1. The quantitative estimate of drug-likeness (QED) is 0.353. The van der Waals surface area contributed by atoms with Crippen LogP contribution in [0.4, 0.5) is 10.1 Å². The van der Waals surface area contributed by atoms with Crippen LogP contribution in [0.3, 0.4) is 0 Å². The number of nitro groups is 1. The number of nitro benzene ring substituents is 1. The first-order valence-electron chi connectivity index (χ1n) is 5.01. The minimum absolute atomic E-state index is 0.343. The van der Waals surface area contributed by atoms with Gasteiger partial charge in [0.15, 0.2) is 5.92 Å². The van der Waals surface area contributed by atoms with Crippen LogP contribution in [0.1, 0.15) is 11.5 Å². The zero-order valence-corrected chi connectivity index (χ0v) is 10.1. The van der Waals surface area contributed by atoms with Crippen molar-refractivity contribution in [3.05, 3.63) is 39.7 Å². The number of ether oxygens (including phenoxy) is 2. The van der Waals surface area contributed by atoms with E-state index in [4.69, 9.17) is 0 Å². The number of rotatable bonds is 4. The highest BCUT2D eigenvalue weighted by atomic mass is 19.1. The van der Waals surface area contributed by atoms with Crippen molar-refractivity contribution in [1.82, 2.24) is 0 Å². The Morgan fingerprint density at radius 1 is 1.26 bits per heavy atom. The number of carbonyl (C=O) groups excluding carboxylic acids is 2. The van der Waals surface area contributed by atoms with Crippen LogP contribution in [0.2, 0.25) is 0 Å². The summed E-state index contributed by atoms with van der Waals surface area (Å²) in [5.74, 6) is -4.70. The maximum atomic E-state index is 13.7. The number of halogens is 1. The largest absolute Gasteiger partial charge is 0.468 e. The summed E-state index contributed by atoms with van der Waals surface area (Å²) in [6, 6.07) is 2.58. The third-order valence-corrected chi connectivity index (χ3v) is 2.38. The van der Waals surface area contributed by atoms with Gasteiger partial charge in [-0.2, -0.15) is 0 Å². The van der Waals surface area contributed by atoms with Gasteiger partial charge >= 0.3 is 11.9 Å². The van der Waals surface area contributed by atoms with E-state index < -0.39 is 34.3 Å². The minimum atomic E-state index is -1.61. The predicted octanol–water partition coefficient (Wildman–Crippen LogP) is 1.16. The molecule has 0 saturated heterocycles. The third-order valence-electron chi connectivity index (χ3n) is 2.38. The fraction of sp³-hybridized carbons (Fsp3) is 0.273. The summed E-state index contributed by atoms with van der Waals surface area (Å²) in [5.41, 5.74) is -0.834. The maximum absolute atomic E-state index is 13.7. The van der Waals surface area contributed by atoms with Crippen molar-refractivity contribution < 1.29 is 28.4 Å². The lowest BCUT2D eigenvalue weighted by atomic mass is 9.98. The van der Waals surface area contributed by atoms with Gasteiger partial charge in [0.1, 0.15) is 5.82 Å². The van der Waals surface area contributed by atoms with Gasteiger partial charge in [0.25, 0.3) is 5.69 Å². The average molecular weight is 271 g/mol. The zero-order valence-electron chi connectivity index (χ0n) is 10.1. The lowest BCUT2D eigenvalue weighted by Crippen LogP contribution is -2.25. The Balaban J connectivity index is 3.27. The monoisotopic (exact) mass is 271 g/mol. The molecule has 19 heavy (non-hydrogen) atoms. The van der Waals surface area contributed by atoms with Crippen LogP contribution in [-0.2, 0) is 19.1 Å². The van der Waals surface area contributed by atoms with E-state index in [-0.39, 0.29) is 5.56 Å². The van der Waals surface area contributed by atoms with E-state index in [1.54, 1.807) is 0 Å². The van der Waals surface area contributed by atoms with E-state index >= 15 is 0 Å². The highest BCUT2D eigenvalue weighted by Crippen LogP contribution is 2.25. The molecule has 0 N–H and O–H groups in total. The molecule has 0 heterocycles.